The van der Waals surface area contributed by atoms with Crippen molar-refractivity contribution >= 4 is 11.8 Å². The second kappa shape index (κ2) is 5.25. The van der Waals surface area contributed by atoms with E-state index in [1.165, 1.54) is 24.3 Å². The van der Waals surface area contributed by atoms with E-state index in [9.17, 15) is 17.6 Å². The topological polar surface area (TPSA) is 0 Å². The number of thioether (sulfide) groups is 1. The SMILES string of the molecule is FC(F)(SC(F)(F)c1ccccc1)c1ccccc1. The summed E-state index contributed by atoms with van der Waals surface area (Å²) >= 11 is -0.656. The smallest absolute Gasteiger partial charge is 0.188 e. The Morgan fingerprint density at radius 3 is 1.21 bits per heavy atom. The van der Waals surface area contributed by atoms with Crippen LogP contribution in [0.2, 0.25) is 0 Å². The summed E-state index contributed by atoms with van der Waals surface area (Å²) in [6, 6.07) is 13.2. The Kier molecular flexibility index (Phi) is 3.85. The van der Waals surface area contributed by atoms with Crippen molar-refractivity contribution in [1.29, 1.82) is 0 Å². The molecule has 0 aliphatic carbocycles. The summed E-state index contributed by atoms with van der Waals surface area (Å²) in [4.78, 5) is 0. The Bertz CT molecular complexity index is 476. The molecule has 0 radical (unpaired) electrons. The molecule has 0 spiro atoms. The Morgan fingerprint density at radius 2 is 0.895 bits per heavy atom. The summed E-state index contributed by atoms with van der Waals surface area (Å²) in [6.45, 7) is 0. The summed E-state index contributed by atoms with van der Waals surface area (Å²) in [5, 5.41) is -7.30. The van der Waals surface area contributed by atoms with Gasteiger partial charge >= 0.3 is 10.5 Å². The van der Waals surface area contributed by atoms with Gasteiger partial charge in [0.2, 0.25) is 0 Å². The molecule has 0 saturated carbocycles. The third kappa shape index (κ3) is 3.29. The molecule has 100 valence electrons. The minimum absolute atomic E-state index is 0.435. The van der Waals surface area contributed by atoms with Gasteiger partial charge in [0.25, 0.3) is 0 Å². The number of hydrogen-bond acceptors (Lipinski definition) is 1. The first-order chi connectivity index (χ1) is 8.92. The van der Waals surface area contributed by atoms with Crippen molar-refractivity contribution in [2.24, 2.45) is 0 Å². The fourth-order valence-corrected chi connectivity index (χ4v) is 2.37. The highest BCUT2D eigenvalue weighted by Crippen LogP contribution is 2.52. The number of rotatable bonds is 4. The summed E-state index contributed by atoms with van der Waals surface area (Å²) in [5.74, 6) is 0. The van der Waals surface area contributed by atoms with Gasteiger partial charge in [-0.3, -0.25) is 0 Å². The Hall–Kier alpha value is -1.49. The first kappa shape index (κ1) is 13.9. The van der Waals surface area contributed by atoms with Gasteiger partial charge in [0.05, 0.1) is 0 Å². The van der Waals surface area contributed by atoms with Gasteiger partial charge in [-0.1, -0.05) is 60.7 Å². The maximum absolute atomic E-state index is 13.8. The van der Waals surface area contributed by atoms with Crippen molar-refractivity contribution in [2.45, 2.75) is 10.5 Å². The molecular weight excluding hydrogens is 276 g/mol. The highest BCUT2D eigenvalue weighted by Gasteiger charge is 2.46. The molecule has 0 heterocycles. The van der Waals surface area contributed by atoms with E-state index in [0.717, 1.165) is 24.3 Å². The van der Waals surface area contributed by atoms with Crippen molar-refractivity contribution in [3.8, 4) is 0 Å². The van der Waals surface area contributed by atoms with Crippen LogP contribution in [0.15, 0.2) is 60.7 Å². The van der Waals surface area contributed by atoms with Gasteiger partial charge in [0.15, 0.2) is 0 Å². The molecule has 0 saturated heterocycles. The van der Waals surface area contributed by atoms with Crippen LogP contribution in [0.3, 0.4) is 0 Å². The van der Waals surface area contributed by atoms with E-state index in [1.807, 2.05) is 0 Å². The van der Waals surface area contributed by atoms with Crippen molar-refractivity contribution < 1.29 is 17.6 Å². The summed E-state index contributed by atoms with van der Waals surface area (Å²) < 4.78 is 55.3. The molecule has 5 heteroatoms. The fraction of sp³-hybridized carbons (Fsp3) is 0.143. The lowest BCUT2D eigenvalue weighted by atomic mass is 10.2. The van der Waals surface area contributed by atoms with Crippen LogP contribution >= 0.6 is 11.8 Å². The zero-order valence-corrected chi connectivity index (χ0v) is 10.5. The summed E-state index contributed by atoms with van der Waals surface area (Å²) in [6.07, 6.45) is 0. The highest BCUT2D eigenvalue weighted by atomic mass is 32.2. The molecule has 0 nitrogen and oxygen atoms in total. The second-order valence-corrected chi connectivity index (χ2v) is 5.10. The van der Waals surface area contributed by atoms with Crippen LogP contribution in [0.4, 0.5) is 17.6 Å². The Labute approximate surface area is 112 Å². The predicted octanol–water partition coefficient (Wildman–Crippen LogP) is 5.22. The lowest BCUT2D eigenvalue weighted by Crippen LogP contribution is -2.18. The molecule has 0 aliphatic rings. The average Bonchev–Trinajstić information content (AvgIpc) is 2.40. The monoisotopic (exact) mass is 286 g/mol. The standard InChI is InChI=1S/C14H10F4S/c15-13(16,11-7-3-1-4-8-11)19-14(17,18)12-9-5-2-6-10-12/h1-10H. The van der Waals surface area contributed by atoms with Gasteiger partial charge in [-0.25, -0.2) is 0 Å². The van der Waals surface area contributed by atoms with Gasteiger partial charge in [-0.05, 0) is 11.8 Å². The lowest BCUT2D eigenvalue weighted by Gasteiger charge is -2.22. The maximum Gasteiger partial charge on any atom is 0.324 e. The minimum atomic E-state index is -3.65. The number of halogens is 4. The van der Waals surface area contributed by atoms with Crippen LogP contribution in [-0.4, -0.2) is 0 Å². The maximum atomic E-state index is 13.8. The third-order valence-electron chi connectivity index (χ3n) is 2.48. The summed E-state index contributed by atoms with van der Waals surface area (Å²) in [5.41, 5.74) is -0.869. The highest BCUT2D eigenvalue weighted by molar-refractivity contribution is 8.00. The number of hydrogen-bond donors (Lipinski definition) is 0. The molecule has 0 aromatic heterocycles. The van der Waals surface area contributed by atoms with Crippen molar-refractivity contribution in [2.75, 3.05) is 0 Å². The zero-order valence-electron chi connectivity index (χ0n) is 9.69. The zero-order chi connectivity index (χ0) is 13.9. The molecule has 0 atom stereocenters. The largest absolute Gasteiger partial charge is 0.324 e. The molecule has 0 unspecified atom stereocenters. The molecule has 2 rings (SSSR count). The minimum Gasteiger partial charge on any atom is -0.188 e. The van der Waals surface area contributed by atoms with Crippen LogP contribution in [0, 0.1) is 0 Å². The van der Waals surface area contributed by atoms with E-state index in [1.54, 1.807) is 12.1 Å². The van der Waals surface area contributed by atoms with Crippen molar-refractivity contribution in [3.63, 3.8) is 0 Å². The van der Waals surface area contributed by atoms with Crippen LogP contribution in [0.5, 0.6) is 0 Å². The van der Waals surface area contributed by atoms with Crippen molar-refractivity contribution in [3.05, 3.63) is 71.8 Å². The van der Waals surface area contributed by atoms with Crippen molar-refractivity contribution in [1.82, 2.24) is 0 Å². The van der Waals surface area contributed by atoms with E-state index in [4.69, 9.17) is 0 Å². The quantitative estimate of drug-likeness (QED) is 0.694. The normalized spacial score (nSPS) is 12.4. The van der Waals surface area contributed by atoms with E-state index in [2.05, 4.69) is 0 Å². The van der Waals surface area contributed by atoms with Gasteiger partial charge in [-0.2, -0.15) is 17.6 Å². The first-order valence-corrected chi connectivity index (χ1v) is 6.30. The van der Waals surface area contributed by atoms with Gasteiger partial charge in [0.1, 0.15) is 0 Å². The van der Waals surface area contributed by atoms with Gasteiger partial charge in [-0.15, -0.1) is 0 Å². The van der Waals surface area contributed by atoms with Crippen LogP contribution < -0.4 is 0 Å². The molecule has 0 aliphatic heterocycles. The van der Waals surface area contributed by atoms with Crippen LogP contribution in [0.25, 0.3) is 0 Å². The molecule has 0 N–H and O–H groups in total. The van der Waals surface area contributed by atoms with Gasteiger partial charge < -0.3 is 0 Å². The molecule has 0 fully saturated rings. The molecule has 2 aromatic rings. The Morgan fingerprint density at radius 1 is 0.579 bits per heavy atom. The predicted molar refractivity (Wildman–Crippen MR) is 68.3 cm³/mol. The molecule has 2 aromatic carbocycles. The summed E-state index contributed by atoms with van der Waals surface area (Å²) in [7, 11) is 0. The van der Waals surface area contributed by atoms with E-state index < -0.39 is 33.4 Å². The van der Waals surface area contributed by atoms with Gasteiger partial charge in [0, 0.05) is 11.1 Å². The van der Waals surface area contributed by atoms with E-state index in [0.29, 0.717) is 0 Å². The molecule has 19 heavy (non-hydrogen) atoms. The first-order valence-electron chi connectivity index (χ1n) is 5.49. The lowest BCUT2D eigenvalue weighted by molar-refractivity contribution is 0.0651. The molecule has 0 bridgehead atoms. The second-order valence-electron chi connectivity index (χ2n) is 3.87. The molecular formula is C14H10F4S. The van der Waals surface area contributed by atoms with E-state index >= 15 is 0 Å². The third-order valence-corrected chi connectivity index (χ3v) is 3.46. The van der Waals surface area contributed by atoms with Crippen LogP contribution in [0.1, 0.15) is 11.1 Å². The number of benzene rings is 2. The number of alkyl halides is 4. The average molecular weight is 286 g/mol. The van der Waals surface area contributed by atoms with E-state index in [-0.39, 0.29) is 0 Å². The molecule has 0 amide bonds. The Balaban J connectivity index is 2.25. The van der Waals surface area contributed by atoms with Crippen LogP contribution in [-0.2, 0) is 10.5 Å². The fourth-order valence-electron chi connectivity index (χ4n) is 1.54.